The van der Waals surface area contributed by atoms with Gasteiger partial charge in [0.1, 0.15) is 6.79 Å². The number of carbonyl (C=O) groups excluding carboxylic acids is 1. The SMILES string of the molecule is C=CC(=O)c1ccc2c(c1)C(C)(C)CCC2OCOC. The van der Waals surface area contributed by atoms with Crippen LogP contribution in [0, 0.1) is 0 Å². The fourth-order valence-corrected chi connectivity index (χ4v) is 2.80. The predicted octanol–water partition coefficient (Wildman–Crippen LogP) is 3.79. The van der Waals surface area contributed by atoms with Crippen molar-refractivity contribution in [2.45, 2.75) is 38.2 Å². The van der Waals surface area contributed by atoms with E-state index in [0.717, 1.165) is 12.8 Å². The van der Waals surface area contributed by atoms with Crippen molar-refractivity contribution in [3.05, 3.63) is 47.5 Å². The molecule has 2 rings (SSSR count). The van der Waals surface area contributed by atoms with Crippen LogP contribution in [0.5, 0.6) is 0 Å². The van der Waals surface area contributed by atoms with Crippen LogP contribution in [0.1, 0.15) is 54.3 Å². The van der Waals surface area contributed by atoms with Crippen LogP contribution < -0.4 is 0 Å². The second kappa shape index (κ2) is 5.90. The molecule has 1 aliphatic rings. The molecule has 0 heterocycles. The van der Waals surface area contributed by atoms with E-state index in [9.17, 15) is 4.79 Å². The Kier molecular flexibility index (Phi) is 4.41. The second-order valence-electron chi connectivity index (χ2n) is 5.85. The predicted molar refractivity (Wildman–Crippen MR) is 78.9 cm³/mol. The molecule has 3 heteroatoms. The minimum atomic E-state index is -0.0384. The van der Waals surface area contributed by atoms with Gasteiger partial charge in [-0.25, -0.2) is 0 Å². The Morgan fingerprint density at radius 3 is 2.90 bits per heavy atom. The van der Waals surface area contributed by atoms with Crippen LogP contribution >= 0.6 is 0 Å². The highest BCUT2D eigenvalue weighted by atomic mass is 16.7. The first-order valence-electron chi connectivity index (χ1n) is 6.91. The Morgan fingerprint density at radius 2 is 2.25 bits per heavy atom. The van der Waals surface area contributed by atoms with Gasteiger partial charge in [-0.1, -0.05) is 32.6 Å². The molecule has 1 aromatic carbocycles. The summed E-state index contributed by atoms with van der Waals surface area (Å²) in [7, 11) is 1.62. The Hall–Kier alpha value is -1.45. The summed E-state index contributed by atoms with van der Waals surface area (Å²) in [6.45, 7) is 8.26. The number of benzene rings is 1. The van der Waals surface area contributed by atoms with Crippen molar-refractivity contribution < 1.29 is 14.3 Å². The molecule has 3 nitrogen and oxygen atoms in total. The molecule has 0 amide bonds. The van der Waals surface area contributed by atoms with Crippen molar-refractivity contribution in [1.82, 2.24) is 0 Å². The molecule has 0 bridgehead atoms. The van der Waals surface area contributed by atoms with Gasteiger partial charge in [0.2, 0.25) is 0 Å². The smallest absolute Gasteiger partial charge is 0.185 e. The van der Waals surface area contributed by atoms with Crippen molar-refractivity contribution in [3.63, 3.8) is 0 Å². The lowest BCUT2D eigenvalue weighted by Crippen LogP contribution is -2.28. The van der Waals surface area contributed by atoms with E-state index in [0.29, 0.717) is 5.56 Å². The summed E-state index contributed by atoms with van der Waals surface area (Å²) in [5.74, 6) is -0.0384. The first-order chi connectivity index (χ1) is 9.49. The average molecular weight is 274 g/mol. The normalized spacial score (nSPS) is 20.2. The lowest BCUT2D eigenvalue weighted by Gasteiger charge is -2.37. The zero-order valence-electron chi connectivity index (χ0n) is 12.4. The summed E-state index contributed by atoms with van der Waals surface area (Å²) >= 11 is 0. The minimum Gasteiger partial charge on any atom is -0.359 e. The third-order valence-corrected chi connectivity index (χ3v) is 4.02. The van der Waals surface area contributed by atoms with Gasteiger partial charge in [0, 0.05) is 12.7 Å². The summed E-state index contributed by atoms with van der Waals surface area (Å²) in [6.07, 6.45) is 3.40. The minimum absolute atomic E-state index is 0.0384. The van der Waals surface area contributed by atoms with E-state index in [1.165, 1.54) is 17.2 Å². The third-order valence-electron chi connectivity index (χ3n) is 4.02. The third kappa shape index (κ3) is 2.84. The molecule has 1 aliphatic carbocycles. The van der Waals surface area contributed by atoms with Gasteiger partial charge in [0.15, 0.2) is 5.78 Å². The zero-order valence-corrected chi connectivity index (χ0v) is 12.4. The van der Waals surface area contributed by atoms with E-state index in [1.54, 1.807) is 7.11 Å². The van der Waals surface area contributed by atoms with E-state index in [1.807, 2.05) is 18.2 Å². The standard InChI is InChI=1S/C17H22O3/c1-5-15(18)12-6-7-13-14(10-12)17(2,3)9-8-16(13)20-11-19-4/h5-7,10,16H,1,8-9,11H2,2-4H3. The molecule has 1 unspecified atom stereocenters. The summed E-state index contributed by atoms with van der Waals surface area (Å²) in [5.41, 5.74) is 3.11. The quantitative estimate of drug-likeness (QED) is 0.465. The van der Waals surface area contributed by atoms with E-state index in [-0.39, 0.29) is 24.1 Å². The number of methoxy groups -OCH3 is 1. The average Bonchev–Trinajstić information content (AvgIpc) is 2.45. The number of carbonyl (C=O) groups is 1. The van der Waals surface area contributed by atoms with E-state index in [2.05, 4.69) is 20.4 Å². The topological polar surface area (TPSA) is 35.5 Å². The maximum Gasteiger partial charge on any atom is 0.185 e. The van der Waals surface area contributed by atoms with Gasteiger partial charge in [-0.2, -0.15) is 0 Å². The molecule has 1 atom stereocenters. The van der Waals surface area contributed by atoms with Crippen LogP contribution in [-0.4, -0.2) is 19.7 Å². The van der Waals surface area contributed by atoms with Crippen LogP contribution in [-0.2, 0) is 14.9 Å². The van der Waals surface area contributed by atoms with E-state index in [4.69, 9.17) is 9.47 Å². The number of ketones is 1. The van der Waals surface area contributed by atoms with Gasteiger partial charge in [0.05, 0.1) is 6.10 Å². The maximum absolute atomic E-state index is 11.8. The van der Waals surface area contributed by atoms with Crippen LogP contribution in [0.3, 0.4) is 0 Å². The van der Waals surface area contributed by atoms with E-state index < -0.39 is 0 Å². The molecule has 20 heavy (non-hydrogen) atoms. The zero-order chi connectivity index (χ0) is 14.8. The van der Waals surface area contributed by atoms with E-state index >= 15 is 0 Å². The Labute approximate surface area is 120 Å². The summed E-state index contributed by atoms with van der Waals surface area (Å²) in [6, 6.07) is 5.85. The molecular formula is C17H22O3. The van der Waals surface area contributed by atoms with Crippen molar-refractivity contribution in [3.8, 4) is 0 Å². The Balaban J connectivity index is 2.41. The fraction of sp³-hybridized carbons (Fsp3) is 0.471. The van der Waals surface area contributed by atoms with Crippen LogP contribution in [0.15, 0.2) is 30.9 Å². The lowest BCUT2D eigenvalue weighted by atomic mass is 9.71. The highest BCUT2D eigenvalue weighted by molar-refractivity contribution is 6.04. The molecule has 0 saturated carbocycles. The number of ether oxygens (including phenoxy) is 2. The van der Waals surface area contributed by atoms with Crippen molar-refractivity contribution in [2.75, 3.05) is 13.9 Å². The summed E-state index contributed by atoms with van der Waals surface area (Å²) < 4.78 is 10.8. The molecule has 0 aromatic heterocycles. The number of hydrogen-bond donors (Lipinski definition) is 0. The lowest BCUT2D eigenvalue weighted by molar-refractivity contribution is -0.0808. The molecule has 0 spiro atoms. The van der Waals surface area contributed by atoms with Crippen LogP contribution in [0.2, 0.25) is 0 Å². The highest BCUT2D eigenvalue weighted by Gasteiger charge is 2.33. The monoisotopic (exact) mass is 274 g/mol. The number of fused-ring (bicyclic) bond motifs is 1. The van der Waals surface area contributed by atoms with Crippen molar-refractivity contribution >= 4 is 5.78 Å². The number of hydrogen-bond acceptors (Lipinski definition) is 3. The first kappa shape index (κ1) is 14.9. The van der Waals surface area contributed by atoms with Gasteiger partial charge < -0.3 is 9.47 Å². The van der Waals surface area contributed by atoms with Gasteiger partial charge >= 0.3 is 0 Å². The molecule has 0 fully saturated rings. The fourth-order valence-electron chi connectivity index (χ4n) is 2.80. The molecule has 0 aliphatic heterocycles. The number of rotatable bonds is 5. The molecule has 1 aromatic rings. The largest absolute Gasteiger partial charge is 0.359 e. The molecule has 108 valence electrons. The summed E-state index contributed by atoms with van der Waals surface area (Å²) in [5, 5.41) is 0. The Bertz CT molecular complexity index is 517. The van der Waals surface area contributed by atoms with Crippen LogP contribution in [0.4, 0.5) is 0 Å². The van der Waals surface area contributed by atoms with Crippen molar-refractivity contribution in [2.24, 2.45) is 0 Å². The molecule has 0 saturated heterocycles. The van der Waals surface area contributed by atoms with Crippen LogP contribution in [0.25, 0.3) is 0 Å². The number of allylic oxidation sites excluding steroid dienone is 1. The van der Waals surface area contributed by atoms with Gasteiger partial charge in [-0.05, 0) is 41.5 Å². The second-order valence-corrected chi connectivity index (χ2v) is 5.85. The van der Waals surface area contributed by atoms with Gasteiger partial charge in [-0.15, -0.1) is 0 Å². The molecule has 0 N–H and O–H groups in total. The first-order valence-corrected chi connectivity index (χ1v) is 6.91. The van der Waals surface area contributed by atoms with Crippen molar-refractivity contribution in [1.29, 1.82) is 0 Å². The summed E-state index contributed by atoms with van der Waals surface area (Å²) in [4.78, 5) is 11.8. The van der Waals surface area contributed by atoms with Gasteiger partial charge in [0.25, 0.3) is 0 Å². The highest BCUT2D eigenvalue weighted by Crippen LogP contribution is 2.43. The maximum atomic E-state index is 11.8. The van der Waals surface area contributed by atoms with Gasteiger partial charge in [-0.3, -0.25) is 4.79 Å². The molecule has 0 radical (unpaired) electrons. The molecular weight excluding hydrogens is 252 g/mol. The Morgan fingerprint density at radius 1 is 1.50 bits per heavy atom.